The highest BCUT2D eigenvalue weighted by Crippen LogP contribution is 2.25. The average molecular weight is 349 g/mol. The van der Waals surface area contributed by atoms with Crippen LogP contribution in [0, 0.1) is 20.8 Å². The van der Waals surface area contributed by atoms with Gasteiger partial charge in [0.05, 0.1) is 24.1 Å². The summed E-state index contributed by atoms with van der Waals surface area (Å²) in [4.78, 5) is 11.6. The normalized spacial score (nSPS) is 16.0. The monoisotopic (exact) mass is 349 g/mol. The van der Waals surface area contributed by atoms with Crippen molar-refractivity contribution in [1.29, 1.82) is 0 Å². The highest BCUT2D eigenvalue weighted by molar-refractivity contribution is 7.89. The van der Waals surface area contributed by atoms with Gasteiger partial charge in [0.25, 0.3) is 0 Å². The van der Waals surface area contributed by atoms with E-state index >= 15 is 0 Å². The van der Waals surface area contributed by atoms with E-state index in [1.54, 1.807) is 25.1 Å². The van der Waals surface area contributed by atoms with Gasteiger partial charge >= 0.3 is 5.63 Å². The quantitative estimate of drug-likeness (QED) is 0.844. The number of hydrogen-bond donors (Lipinski definition) is 0. The molecular weight excluding hydrogens is 330 g/mol. The summed E-state index contributed by atoms with van der Waals surface area (Å²) in [5.41, 5.74) is 1.51. The maximum absolute atomic E-state index is 12.6. The minimum absolute atomic E-state index is 0.258. The molecule has 0 unspecified atom stereocenters. The minimum Gasteiger partial charge on any atom is -0.487 e. The van der Waals surface area contributed by atoms with Crippen LogP contribution in [0.5, 0.6) is 5.75 Å². The molecule has 0 N–H and O–H groups in total. The standard InChI is InChI=1S/C17H19NO5S/c1-11-4-5-16(6-12(11)2)24(20,21)18-9-15(10-18)23-14-7-13(3)22-17(19)8-14/h4-8,15H,9-10H2,1-3H3. The van der Waals surface area contributed by atoms with Crippen LogP contribution in [0.15, 0.2) is 44.4 Å². The first-order valence-electron chi connectivity index (χ1n) is 7.61. The fourth-order valence-corrected chi connectivity index (χ4v) is 4.12. The van der Waals surface area contributed by atoms with E-state index in [9.17, 15) is 13.2 Å². The lowest BCUT2D eigenvalue weighted by atomic mass is 10.1. The van der Waals surface area contributed by atoms with Gasteiger partial charge in [-0.3, -0.25) is 0 Å². The topological polar surface area (TPSA) is 76.8 Å². The Morgan fingerprint density at radius 3 is 2.42 bits per heavy atom. The highest BCUT2D eigenvalue weighted by atomic mass is 32.2. The second kappa shape index (κ2) is 6.07. The van der Waals surface area contributed by atoms with Gasteiger partial charge in [-0.1, -0.05) is 6.07 Å². The van der Waals surface area contributed by atoms with Gasteiger partial charge in [0.1, 0.15) is 17.6 Å². The molecule has 0 spiro atoms. The van der Waals surface area contributed by atoms with E-state index in [1.165, 1.54) is 10.4 Å². The van der Waals surface area contributed by atoms with Gasteiger partial charge in [0.2, 0.25) is 10.0 Å². The molecule has 1 saturated heterocycles. The third kappa shape index (κ3) is 3.22. The number of aryl methyl sites for hydroxylation is 3. The third-order valence-corrected chi connectivity index (χ3v) is 5.93. The zero-order chi connectivity index (χ0) is 17.5. The molecule has 0 bridgehead atoms. The van der Waals surface area contributed by atoms with Crippen LogP contribution < -0.4 is 10.4 Å². The van der Waals surface area contributed by atoms with E-state index in [2.05, 4.69) is 0 Å². The van der Waals surface area contributed by atoms with Gasteiger partial charge in [-0.05, 0) is 44.0 Å². The summed E-state index contributed by atoms with van der Waals surface area (Å²) in [5, 5.41) is 0. The maximum Gasteiger partial charge on any atom is 0.339 e. The number of ether oxygens (including phenoxy) is 1. The molecule has 2 heterocycles. The van der Waals surface area contributed by atoms with Crippen LogP contribution in [0.2, 0.25) is 0 Å². The lowest BCUT2D eigenvalue weighted by Crippen LogP contribution is -2.56. The van der Waals surface area contributed by atoms with Crippen LogP contribution in [0.1, 0.15) is 16.9 Å². The van der Waals surface area contributed by atoms with Crippen LogP contribution in [-0.2, 0) is 10.0 Å². The first kappa shape index (κ1) is 16.7. The molecule has 0 saturated carbocycles. The molecule has 1 fully saturated rings. The second-order valence-electron chi connectivity index (χ2n) is 6.03. The molecule has 1 aliphatic heterocycles. The van der Waals surface area contributed by atoms with Crippen LogP contribution in [0.4, 0.5) is 0 Å². The fraction of sp³-hybridized carbons (Fsp3) is 0.353. The highest BCUT2D eigenvalue weighted by Gasteiger charge is 2.38. The second-order valence-corrected chi connectivity index (χ2v) is 7.97. The summed E-state index contributed by atoms with van der Waals surface area (Å²) in [7, 11) is -3.51. The Labute approximate surface area is 140 Å². The minimum atomic E-state index is -3.51. The molecule has 1 aromatic heterocycles. The van der Waals surface area contributed by atoms with Crippen molar-refractivity contribution in [2.24, 2.45) is 0 Å². The van der Waals surface area contributed by atoms with Crippen LogP contribution in [0.25, 0.3) is 0 Å². The molecule has 0 amide bonds. The van der Waals surface area contributed by atoms with Crippen molar-refractivity contribution in [3.63, 3.8) is 0 Å². The average Bonchev–Trinajstić information content (AvgIpc) is 2.44. The van der Waals surface area contributed by atoms with Crippen molar-refractivity contribution in [2.75, 3.05) is 13.1 Å². The molecule has 1 aromatic carbocycles. The summed E-state index contributed by atoms with van der Waals surface area (Å²) < 4.78 is 37.1. The molecular formula is C17H19NO5S. The van der Waals surface area contributed by atoms with Crippen LogP contribution in [0.3, 0.4) is 0 Å². The summed E-state index contributed by atoms with van der Waals surface area (Å²) in [6, 6.07) is 7.99. The van der Waals surface area contributed by atoms with Gasteiger partial charge in [0, 0.05) is 6.07 Å². The third-order valence-electron chi connectivity index (χ3n) is 4.10. The predicted molar refractivity (Wildman–Crippen MR) is 88.8 cm³/mol. The summed E-state index contributed by atoms with van der Waals surface area (Å²) in [5.74, 6) is 0.855. The van der Waals surface area contributed by atoms with Gasteiger partial charge in [-0.2, -0.15) is 4.31 Å². The number of rotatable bonds is 4. The van der Waals surface area contributed by atoms with Crippen molar-refractivity contribution in [3.05, 3.63) is 57.6 Å². The number of sulfonamides is 1. The van der Waals surface area contributed by atoms with E-state index in [-0.39, 0.29) is 19.2 Å². The molecule has 128 valence electrons. The Morgan fingerprint density at radius 2 is 1.79 bits per heavy atom. The van der Waals surface area contributed by atoms with Crippen molar-refractivity contribution in [2.45, 2.75) is 31.8 Å². The lowest BCUT2D eigenvalue weighted by molar-refractivity contribution is 0.0754. The van der Waals surface area contributed by atoms with Crippen molar-refractivity contribution < 1.29 is 17.6 Å². The molecule has 0 radical (unpaired) electrons. The van der Waals surface area contributed by atoms with Gasteiger partial charge in [-0.15, -0.1) is 0 Å². The number of benzene rings is 1. The molecule has 0 aliphatic carbocycles. The van der Waals surface area contributed by atoms with Crippen molar-refractivity contribution >= 4 is 10.0 Å². The molecule has 3 rings (SSSR count). The van der Waals surface area contributed by atoms with E-state index in [0.717, 1.165) is 11.1 Å². The Hall–Kier alpha value is -2.12. The number of nitrogens with zero attached hydrogens (tertiary/aromatic N) is 1. The van der Waals surface area contributed by atoms with Crippen molar-refractivity contribution in [1.82, 2.24) is 4.31 Å². The SMILES string of the molecule is Cc1cc(OC2CN(S(=O)(=O)c3ccc(C)c(C)c3)C2)cc(=O)o1. The Kier molecular flexibility index (Phi) is 4.23. The summed E-state index contributed by atoms with van der Waals surface area (Å²) >= 11 is 0. The lowest BCUT2D eigenvalue weighted by Gasteiger charge is -2.37. The zero-order valence-electron chi connectivity index (χ0n) is 13.8. The Bertz CT molecular complexity index is 926. The molecule has 1 aliphatic rings. The van der Waals surface area contributed by atoms with E-state index in [4.69, 9.17) is 9.15 Å². The Balaban J connectivity index is 1.69. The molecule has 6 nitrogen and oxygen atoms in total. The summed E-state index contributed by atoms with van der Waals surface area (Å²) in [6.07, 6.45) is -0.271. The smallest absolute Gasteiger partial charge is 0.339 e. The van der Waals surface area contributed by atoms with Crippen molar-refractivity contribution in [3.8, 4) is 5.75 Å². The number of hydrogen-bond acceptors (Lipinski definition) is 5. The largest absolute Gasteiger partial charge is 0.487 e. The molecule has 7 heteroatoms. The fourth-order valence-electron chi connectivity index (χ4n) is 2.53. The first-order valence-corrected chi connectivity index (χ1v) is 9.05. The van der Waals surface area contributed by atoms with Crippen LogP contribution in [-0.4, -0.2) is 31.9 Å². The first-order chi connectivity index (χ1) is 11.3. The van der Waals surface area contributed by atoms with Gasteiger partial charge in [-0.25, -0.2) is 13.2 Å². The Morgan fingerprint density at radius 1 is 1.08 bits per heavy atom. The maximum atomic E-state index is 12.6. The van der Waals surface area contributed by atoms with Gasteiger partial charge in [0.15, 0.2) is 0 Å². The van der Waals surface area contributed by atoms with E-state index in [1.807, 2.05) is 19.9 Å². The van der Waals surface area contributed by atoms with Crippen LogP contribution >= 0.6 is 0 Å². The predicted octanol–water partition coefficient (Wildman–Crippen LogP) is 2.02. The van der Waals surface area contributed by atoms with E-state index in [0.29, 0.717) is 16.4 Å². The molecule has 2 aromatic rings. The summed E-state index contributed by atoms with van der Waals surface area (Å²) in [6.45, 7) is 6.01. The van der Waals surface area contributed by atoms with E-state index < -0.39 is 15.6 Å². The molecule has 0 atom stereocenters. The zero-order valence-corrected chi connectivity index (χ0v) is 14.6. The molecule has 24 heavy (non-hydrogen) atoms. The van der Waals surface area contributed by atoms with Gasteiger partial charge < -0.3 is 9.15 Å².